The van der Waals surface area contributed by atoms with Gasteiger partial charge in [0, 0.05) is 47.4 Å². The molecule has 148 valence electrons. The first kappa shape index (κ1) is 18.6. The molecule has 0 spiro atoms. The van der Waals surface area contributed by atoms with Crippen LogP contribution in [0.3, 0.4) is 0 Å². The average Bonchev–Trinajstić information content (AvgIpc) is 3.02. The number of nitrogens with zero attached hydrogens (tertiary/aromatic N) is 3. The van der Waals surface area contributed by atoms with Gasteiger partial charge in [0.15, 0.2) is 0 Å². The summed E-state index contributed by atoms with van der Waals surface area (Å²) < 4.78 is 0. The Morgan fingerprint density at radius 2 is 1.83 bits per heavy atom. The number of amidine groups is 1. The van der Waals surface area contributed by atoms with E-state index in [1.807, 2.05) is 11.3 Å². The molecular formula is C25H27N3S. The highest BCUT2D eigenvalue weighted by atomic mass is 32.1. The maximum Gasteiger partial charge on any atom is 0.137 e. The zero-order valence-corrected chi connectivity index (χ0v) is 18.0. The number of hydrogen-bond donors (Lipinski definition) is 0. The molecule has 0 radical (unpaired) electrons. The fraction of sp³-hybridized carbons (Fsp3) is 0.320. The molecule has 1 aromatic heterocycles. The minimum absolute atomic E-state index is 0.496. The van der Waals surface area contributed by atoms with Crippen LogP contribution in [0.5, 0.6) is 0 Å². The molecule has 3 heterocycles. The molecule has 0 amide bonds. The van der Waals surface area contributed by atoms with E-state index in [1.165, 1.54) is 32.3 Å². The zero-order chi connectivity index (χ0) is 19.8. The Hall–Kier alpha value is -2.43. The summed E-state index contributed by atoms with van der Waals surface area (Å²) >= 11 is 1.92. The van der Waals surface area contributed by atoms with Gasteiger partial charge in [0.25, 0.3) is 0 Å². The summed E-state index contributed by atoms with van der Waals surface area (Å²) in [6, 6.07) is 22.3. The first-order valence-corrected chi connectivity index (χ1v) is 11.2. The number of piperazine rings is 1. The van der Waals surface area contributed by atoms with Crippen LogP contribution in [-0.4, -0.2) is 48.4 Å². The molecule has 3 aromatic rings. The first-order valence-electron chi connectivity index (χ1n) is 10.4. The van der Waals surface area contributed by atoms with Crippen LogP contribution in [0, 0.1) is 6.92 Å². The minimum atomic E-state index is 0.496. The number of fused-ring (bicyclic) bond motifs is 2. The van der Waals surface area contributed by atoms with E-state index in [-0.39, 0.29) is 0 Å². The number of thiophene rings is 1. The van der Waals surface area contributed by atoms with Gasteiger partial charge in [-0.3, -0.25) is 4.90 Å². The van der Waals surface area contributed by atoms with Gasteiger partial charge in [-0.05, 0) is 43.7 Å². The van der Waals surface area contributed by atoms with Gasteiger partial charge in [-0.1, -0.05) is 48.5 Å². The van der Waals surface area contributed by atoms with Gasteiger partial charge in [-0.15, -0.1) is 11.3 Å². The second kappa shape index (κ2) is 7.77. The first-order chi connectivity index (χ1) is 14.2. The molecule has 1 fully saturated rings. The molecule has 1 atom stereocenters. The number of benzene rings is 2. The van der Waals surface area contributed by atoms with E-state index >= 15 is 0 Å². The Morgan fingerprint density at radius 1 is 1.03 bits per heavy atom. The van der Waals surface area contributed by atoms with E-state index in [9.17, 15) is 0 Å². The van der Waals surface area contributed by atoms with Crippen LogP contribution >= 0.6 is 11.3 Å². The van der Waals surface area contributed by atoms with Gasteiger partial charge >= 0.3 is 0 Å². The van der Waals surface area contributed by atoms with Crippen molar-refractivity contribution in [1.29, 1.82) is 0 Å². The highest BCUT2D eigenvalue weighted by Gasteiger charge is 2.30. The van der Waals surface area contributed by atoms with Gasteiger partial charge < -0.3 is 4.90 Å². The normalized spacial score (nSPS) is 19.3. The molecule has 0 saturated carbocycles. The predicted octanol–water partition coefficient (Wildman–Crippen LogP) is 4.90. The molecular weight excluding hydrogens is 374 g/mol. The fourth-order valence-electron chi connectivity index (χ4n) is 4.49. The summed E-state index contributed by atoms with van der Waals surface area (Å²) in [7, 11) is 2.26. The molecule has 1 unspecified atom stereocenters. The largest absolute Gasteiger partial charge is 0.353 e. The van der Waals surface area contributed by atoms with Crippen LogP contribution in [0.25, 0.3) is 0 Å². The lowest BCUT2D eigenvalue weighted by Crippen LogP contribution is -2.54. The number of aliphatic imine (C=N–C) groups is 1. The van der Waals surface area contributed by atoms with Crippen molar-refractivity contribution in [2.75, 3.05) is 26.7 Å². The molecule has 0 N–H and O–H groups in total. The van der Waals surface area contributed by atoms with E-state index in [4.69, 9.17) is 4.99 Å². The van der Waals surface area contributed by atoms with Crippen molar-refractivity contribution in [2.45, 2.75) is 25.8 Å². The highest BCUT2D eigenvalue weighted by Crippen LogP contribution is 2.34. The molecule has 4 heteroatoms. The summed E-state index contributed by atoms with van der Waals surface area (Å²) in [4.78, 5) is 13.1. The van der Waals surface area contributed by atoms with E-state index in [1.54, 1.807) is 0 Å². The maximum absolute atomic E-state index is 5.21. The van der Waals surface area contributed by atoms with Crippen molar-refractivity contribution in [2.24, 2.45) is 4.99 Å². The number of hydrogen-bond acceptors (Lipinski definition) is 4. The van der Waals surface area contributed by atoms with Crippen molar-refractivity contribution < 1.29 is 0 Å². The van der Waals surface area contributed by atoms with Gasteiger partial charge in [0.05, 0.1) is 5.69 Å². The predicted molar refractivity (Wildman–Crippen MR) is 123 cm³/mol. The van der Waals surface area contributed by atoms with E-state index in [0.29, 0.717) is 6.04 Å². The van der Waals surface area contributed by atoms with Crippen molar-refractivity contribution >= 4 is 22.9 Å². The molecule has 0 aliphatic carbocycles. The van der Waals surface area contributed by atoms with E-state index in [0.717, 1.165) is 38.2 Å². The third-order valence-electron chi connectivity index (χ3n) is 6.13. The van der Waals surface area contributed by atoms with E-state index < -0.39 is 0 Å². The van der Waals surface area contributed by atoms with Crippen LogP contribution in [-0.2, 0) is 12.8 Å². The number of likely N-dealkylation sites (N-methyl/N-ethyl adjacent to an activating group) is 1. The van der Waals surface area contributed by atoms with Gasteiger partial charge in [0.1, 0.15) is 5.84 Å². The average molecular weight is 402 g/mol. The Bertz CT molecular complexity index is 1040. The lowest BCUT2D eigenvalue weighted by molar-refractivity contribution is 0.141. The lowest BCUT2D eigenvalue weighted by atomic mass is 10.0. The summed E-state index contributed by atoms with van der Waals surface area (Å²) in [5, 5.41) is 0. The van der Waals surface area contributed by atoms with Crippen LogP contribution in [0.2, 0.25) is 0 Å². The fourth-order valence-corrected chi connectivity index (χ4v) is 5.54. The molecule has 2 aromatic carbocycles. The molecule has 2 aliphatic heterocycles. The summed E-state index contributed by atoms with van der Waals surface area (Å²) in [5.41, 5.74) is 5.21. The Kier molecular flexibility index (Phi) is 4.98. The monoisotopic (exact) mass is 401 g/mol. The molecule has 1 saturated heterocycles. The second-order valence-electron chi connectivity index (χ2n) is 8.20. The topological polar surface area (TPSA) is 18.8 Å². The quantitative estimate of drug-likeness (QED) is 0.608. The standard InChI is InChI=1S/C25H27N3S/c1-18-14-22-24(29-18)16-20-10-6-7-11-23(20)26-25(22)28-13-12-27(2)21(17-28)15-19-8-4-3-5-9-19/h3-11,14,21H,12-13,15-17H2,1-2H3. The lowest BCUT2D eigenvalue weighted by Gasteiger charge is -2.41. The number of rotatable bonds is 2. The molecule has 2 aliphatic rings. The van der Waals surface area contributed by atoms with Crippen molar-refractivity contribution in [1.82, 2.24) is 9.80 Å². The minimum Gasteiger partial charge on any atom is -0.353 e. The maximum atomic E-state index is 5.21. The van der Waals surface area contributed by atoms with Gasteiger partial charge in [-0.25, -0.2) is 4.99 Å². The smallest absolute Gasteiger partial charge is 0.137 e. The van der Waals surface area contributed by atoms with Crippen molar-refractivity contribution in [3.05, 3.63) is 87.1 Å². The van der Waals surface area contributed by atoms with Crippen LogP contribution in [0.15, 0.2) is 65.7 Å². The molecule has 0 bridgehead atoms. The van der Waals surface area contributed by atoms with Crippen molar-refractivity contribution in [3.63, 3.8) is 0 Å². The van der Waals surface area contributed by atoms with Crippen LogP contribution in [0.4, 0.5) is 5.69 Å². The summed E-state index contributed by atoms with van der Waals surface area (Å²) in [6.45, 7) is 5.32. The highest BCUT2D eigenvalue weighted by molar-refractivity contribution is 7.12. The Balaban J connectivity index is 1.49. The van der Waals surface area contributed by atoms with Crippen molar-refractivity contribution in [3.8, 4) is 0 Å². The molecule has 29 heavy (non-hydrogen) atoms. The third kappa shape index (κ3) is 3.75. The Morgan fingerprint density at radius 3 is 2.69 bits per heavy atom. The summed E-state index contributed by atoms with van der Waals surface area (Å²) in [5.74, 6) is 1.17. The second-order valence-corrected chi connectivity index (χ2v) is 9.55. The molecule has 5 rings (SSSR count). The zero-order valence-electron chi connectivity index (χ0n) is 17.1. The number of para-hydroxylation sites is 1. The molecule has 3 nitrogen and oxygen atoms in total. The SMILES string of the molecule is Cc1cc2c(s1)Cc1ccccc1N=C2N1CCN(C)C(Cc2ccccc2)C1. The third-order valence-corrected chi connectivity index (χ3v) is 7.18. The summed E-state index contributed by atoms with van der Waals surface area (Å²) in [6.07, 6.45) is 2.06. The Labute approximate surface area is 177 Å². The van der Waals surface area contributed by atoms with E-state index in [2.05, 4.69) is 84.4 Å². The van der Waals surface area contributed by atoms with Gasteiger partial charge in [-0.2, -0.15) is 0 Å². The van der Waals surface area contributed by atoms with Gasteiger partial charge in [0.2, 0.25) is 0 Å². The van der Waals surface area contributed by atoms with Crippen LogP contribution < -0.4 is 0 Å². The van der Waals surface area contributed by atoms with Crippen LogP contribution in [0.1, 0.15) is 26.4 Å². The number of aryl methyl sites for hydroxylation is 1.